The van der Waals surface area contributed by atoms with Crippen LogP contribution in [-0.4, -0.2) is 18.4 Å². The number of halogens is 3. The molecule has 0 saturated carbocycles. The van der Waals surface area contributed by atoms with Gasteiger partial charge in [0, 0.05) is 6.16 Å². The van der Waals surface area contributed by atoms with Crippen LogP contribution in [0.5, 0.6) is 0 Å². The third kappa shape index (κ3) is 4.98. The predicted octanol–water partition coefficient (Wildman–Crippen LogP) is 2.31. The Kier molecular flexibility index (Phi) is 5.12. The third-order valence-electron chi connectivity index (χ3n) is 1.52. The fourth-order valence-electron chi connectivity index (χ4n) is 0.886. The van der Waals surface area contributed by atoms with Crippen molar-refractivity contribution in [1.82, 2.24) is 0 Å². The first-order valence-corrected chi connectivity index (χ1v) is 6.01. The Bertz CT molecular complexity index is 217. The summed E-state index contributed by atoms with van der Waals surface area (Å²) in [6, 6.07) is 0. The molecule has 0 rings (SSSR count). The van der Waals surface area contributed by atoms with Crippen LogP contribution in [0.15, 0.2) is 0 Å². The highest BCUT2D eigenvalue weighted by Crippen LogP contribution is 2.43. The highest BCUT2D eigenvalue weighted by molar-refractivity contribution is 7.51. The minimum Gasteiger partial charge on any atom is -0.778 e. The first kappa shape index (κ1) is 13.9. The van der Waals surface area contributed by atoms with E-state index in [0.29, 0.717) is 0 Å². The standard InChI is InChI=1S/C7H14F3O3P/c1-3-5-14(11,12)13-6(4-2)7(8,9)10/h6H,3-5H2,1-2H3,(H,11,12)/p-1. The van der Waals surface area contributed by atoms with Crippen LogP contribution >= 0.6 is 7.60 Å². The van der Waals surface area contributed by atoms with E-state index in [1.165, 1.54) is 6.92 Å². The van der Waals surface area contributed by atoms with Crippen LogP contribution in [0.2, 0.25) is 0 Å². The Labute approximate surface area is 80.8 Å². The molecule has 86 valence electrons. The second-order valence-corrected chi connectivity index (χ2v) is 4.76. The number of alkyl halides is 3. The number of hydrogen-bond donors (Lipinski definition) is 0. The first-order valence-electron chi connectivity index (χ1n) is 4.28. The lowest BCUT2D eigenvalue weighted by molar-refractivity contribution is -0.238. The van der Waals surface area contributed by atoms with E-state index in [9.17, 15) is 22.6 Å². The van der Waals surface area contributed by atoms with E-state index in [0.717, 1.165) is 0 Å². The summed E-state index contributed by atoms with van der Waals surface area (Å²) in [4.78, 5) is 11.0. The average molecular weight is 233 g/mol. The van der Waals surface area contributed by atoms with Gasteiger partial charge in [-0.1, -0.05) is 13.8 Å². The molecular weight excluding hydrogens is 220 g/mol. The Morgan fingerprint density at radius 2 is 1.93 bits per heavy atom. The quantitative estimate of drug-likeness (QED) is 0.684. The normalized spacial score (nSPS) is 19.0. The zero-order valence-corrected chi connectivity index (χ0v) is 8.90. The van der Waals surface area contributed by atoms with Crippen molar-refractivity contribution in [2.24, 2.45) is 0 Å². The van der Waals surface area contributed by atoms with Gasteiger partial charge in [-0.05, 0) is 12.8 Å². The Morgan fingerprint density at radius 1 is 1.43 bits per heavy atom. The minimum atomic E-state index is -4.62. The smallest absolute Gasteiger partial charge is 0.415 e. The van der Waals surface area contributed by atoms with E-state index in [2.05, 4.69) is 4.52 Å². The van der Waals surface area contributed by atoms with Crippen LogP contribution in [0, 0.1) is 0 Å². The fourth-order valence-corrected chi connectivity index (χ4v) is 2.20. The molecule has 0 aliphatic carbocycles. The monoisotopic (exact) mass is 233 g/mol. The molecule has 0 fully saturated rings. The van der Waals surface area contributed by atoms with E-state index < -0.39 is 26.3 Å². The summed E-state index contributed by atoms with van der Waals surface area (Å²) in [6.45, 7) is 2.78. The van der Waals surface area contributed by atoms with Crippen molar-refractivity contribution in [3.63, 3.8) is 0 Å². The van der Waals surface area contributed by atoms with Crippen molar-refractivity contribution in [2.45, 2.75) is 39.0 Å². The van der Waals surface area contributed by atoms with E-state index in [1.807, 2.05) is 0 Å². The fraction of sp³-hybridized carbons (Fsp3) is 1.00. The summed E-state index contributed by atoms with van der Waals surface area (Å²) in [7, 11) is -4.33. The van der Waals surface area contributed by atoms with Gasteiger partial charge in [-0.3, -0.25) is 0 Å². The molecule has 7 heteroatoms. The second-order valence-electron chi connectivity index (χ2n) is 2.88. The molecule has 0 bridgehead atoms. The van der Waals surface area contributed by atoms with Crippen LogP contribution in [0.1, 0.15) is 26.7 Å². The van der Waals surface area contributed by atoms with E-state index in [-0.39, 0.29) is 12.6 Å². The van der Waals surface area contributed by atoms with Gasteiger partial charge in [0.25, 0.3) is 0 Å². The topological polar surface area (TPSA) is 49.4 Å². The Hall–Kier alpha value is -0.0600. The maximum Gasteiger partial charge on any atom is 0.415 e. The van der Waals surface area contributed by atoms with E-state index in [4.69, 9.17) is 0 Å². The van der Waals surface area contributed by atoms with E-state index in [1.54, 1.807) is 6.92 Å². The maximum absolute atomic E-state index is 12.1. The van der Waals surface area contributed by atoms with Gasteiger partial charge >= 0.3 is 6.18 Å². The van der Waals surface area contributed by atoms with Gasteiger partial charge in [-0.2, -0.15) is 13.2 Å². The molecule has 0 aromatic heterocycles. The number of hydrogen-bond acceptors (Lipinski definition) is 3. The van der Waals surface area contributed by atoms with Gasteiger partial charge < -0.3 is 14.0 Å². The van der Waals surface area contributed by atoms with Crippen molar-refractivity contribution >= 4 is 7.60 Å². The van der Waals surface area contributed by atoms with Gasteiger partial charge in [0.1, 0.15) is 7.60 Å². The molecular formula is C7H13F3O3P-. The molecule has 0 spiro atoms. The largest absolute Gasteiger partial charge is 0.778 e. The zero-order chi connectivity index (χ0) is 11.4. The van der Waals surface area contributed by atoms with Crippen molar-refractivity contribution < 1.29 is 27.2 Å². The third-order valence-corrected chi connectivity index (χ3v) is 3.09. The van der Waals surface area contributed by atoms with Crippen molar-refractivity contribution in [2.75, 3.05) is 6.16 Å². The molecule has 0 radical (unpaired) electrons. The molecule has 0 saturated heterocycles. The second kappa shape index (κ2) is 5.14. The summed E-state index contributed by atoms with van der Waals surface area (Å²) in [5, 5.41) is 0. The molecule has 0 heterocycles. The molecule has 0 aliphatic heterocycles. The summed E-state index contributed by atoms with van der Waals surface area (Å²) >= 11 is 0. The van der Waals surface area contributed by atoms with Crippen molar-refractivity contribution in [3.8, 4) is 0 Å². The average Bonchev–Trinajstić information content (AvgIpc) is 1.98. The molecule has 0 aromatic rings. The van der Waals surface area contributed by atoms with Crippen LogP contribution in [0.4, 0.5) is 13.2 Å². The predicted molar refractivity (Wildman–Crippen MR) is 44.0 cm³/mol. The van der Waals surface area contributed by atoms with Crippen molar-refractivity contribution in [1.29, 1.82) is 0 Å². The maximum atomic E-state index is 12.1. The molecule has 3 nitrogen and oxygen atoms in total. The highest BCUT2D eigenvalue weighted by Gasteiger charge is 2.41. The Balaban J connectivity index is 4.39. The van der Waals surface area contributed by atoms with Gasteiger partial charge in [0.05, 0.1) is 0 Å². The minimum absolute atomic E-state index is 0.245. The molecule has 0 aliphatic rings. The Morgan fingerprint density at radius 3 is 2.21 bits per heavy atom. The summed E-state index contributed by atoms with van der Waals surface area (Å²) in [5.41, 5.74) is 0. The van der Waals surface area contributed by atoms with Gasteiger partial charge in [0.2, 0.25) is 0 Å². The lowest BCUT2D eigenvalue weighted by atomic mass is 10.3. The number of rotatable bonds is 5. The van der Waals surface area contributed by atoms with Crippen LogP contribution in [-0.2, 0) is 9.09 Å². The lowest BCUT2D eigenvalue weighted by Gasteiger charge is -2.29. The SMILES string of the molecule is CCCP(=O)([O-])OC(CC)C(F)(F)F. The first-order chi connectivity index (χ1) is 6.23. The van der Waals surface area contributed by atoms with Crippen LogP contribution < -0.4 is 4.89 Å². The summed E-state index contributed by atoms with van der Waals surface area (Å²) in [5.74, 6) is 0. The highest BCUT2D eigenvalue weighted by atomic mass is 31.2. The van der Waals surface area contributed by atoms with E-state index >= 15 is 0 Å². The summed E-state index contributed by atoms with van der Waals surface area (Å²) in [6.07, 6.45) is -7.35. The lowest BCUT2D eigenvalue weighted by Crippen LogP contribution is -2.32. The van der Waals surface area contributed by atoms with Crippen molar-refractivity contribution in [3.05, 3.63) is 0 Å². The zero-order valence-electron chi connectivity index (χ0n) is 8.00. The molecule has 0 amide bonds. The van der Waals surface area contributed by atoms with Crippen LogP contribution in [0.25, 0.3) is 0 Å². The van der Waals surface area contributed by atoms with Gasteiger partial charge in [-0.15, -0.1) is 0 Å². The van der Waals surface area contributed by atoms with Gasteiger partial charge in [0.15, 0.2) is 6.10 Å². The van der Waals surface area contributed by atoms with Gasteiger partial charge in [-0.25, -0.2) is 0 Å². The molecule has 2 atom stereocenters. The molecule has 2 unspecified atom stereocenters. The molecule has 0 aromatic carbocycles. The van der Waals surface area contributed by atoms with Crippen LogP contribution in [0.3, 0.4) is 0 Å². The molecule has 14 heavy (non-hydrogen) atoms. The summed E-state index contributed by atoms with van der Waals surface area (Å²) < 4.78 is 51.3. The molecule has 0 N–H and O–H groups in total.